The van der Waals surface area contributed by atoms with E-state index in [9.17, 15) is 23.4 Å². The van der Waals surface area contributed by atoms with Gasteiger partial charge in [0.1, 0.15) is 5.75 Å². The van der Waals surface area contributed by atoms with Crippen molar-refractivity contribution in [2.24, 2.45) is 0 Å². The number of alkyl halides is 3. The van der Waals surface area contributed by atoms with Crippen LogP contribution in [0.25, 0.3) is 65.7 Å². The highest BCUT2D eigenvalue weighted by molar-refractivity contribution is 6.25. The van der Waals surface area contributed by atoms with Gasteiger partial charge in [-0.3, -0.25) is 0 Å². The van der Waals surface area contributed by atoms with Crippen molar-refractivity contribution in [1.29, 1.82) is 0 Å². The highest BCUT2D eigenvalue weighted by atomic mass is 19.4. The molecule has 50 heavy (non-hydrogen) atoms. The van der Waals surface area contributed by atoms with Crippen molar-refractivity contribution in [2.45, 2.75) is 44.7 Å². The van der Waals surface area contributed by atoms with E-state index >= 15 is 0 Å². The Hall–Kier alpha value is -4.91. The van der Waals surface area contributed by atoms with Crippen molar-refractivity contribution >= 4 is 32.3 Å². The van der Waals surface area contributed by atoms with Gasteiger partial charge < -0.3 is 14.9 Å². The van der Waals surface area contributed by atoms with E-state index in [1.165, 1.54) is 33.2 Å². The topological polar surface area (TPSA) is 49.7 Å². The molecule has 0 spiro atoms. The van der Waals surface area contributed by atoms with Gasteiger partial charge in [0.05, 0.1) is 30.8 Å². The molecule has 0 heterocycles. The number of ether oxygens (including phenoxy) is 1. The van der Waals surface area contributed by atoms with Crippen molar-refractivity contribution < 1.29 is 28.1 Å². The molecule has 8 rings (SSSR count). The summed E-state index contributed by atoms with van der Waals surface area (Å²) >= 11 is 0. The summed E-state index contributed by atoms with van der Waals surface area (Å²) in [6.07, 6.45) is -4.59. The molecule has 2 N–H and O–H groups in total. The first kappa shape index (κ1) is 32.3. The van der Waals surface area contributed by atoms with E-state index in [0.29, 0.717) is 16.7 Å². The van der Waals surface area contributed by atoms with Gasteiger partial charge in [-0.05, 0) is 119 Å². The first-order valence-corrected chi connectivity index (χ1v) is 17.0. The molecule has 6 heteroatoms. The lowest BCUT2D eigenvalue weighted by atomic mass is 9.78. The molecule has 0 saturated carbocycles. The molecule has 0 amide bonds. The van der Waals surface area contributed by atoms with E-state index in [1.54, 1.807) is 25.1 Å². The summed E-state index contributed by atoms with van der Waals surface area (Å²) < 4.78 is 47.3. The number of aliphatic hydroxyl groups excluding tert-OH is 2. The first-order chi connectivity index (χ1) is 23.9. The van der Waals surface area contributed by atoms with Crippen LogP contribution < -0.4 is 4.74 Å². The average Bonchev–Trinajstić information content (AvgIpc) is 3.38. The number of rotatable bonds is 6. The third kappa shape index (κ3) is 4.80. The predicted octanol–water partition coefficient (Wildman–Crippen LogP) is 10.9. The summed E-state index contributed by atoms with van der Waals surface area (Å²) in [6.45, 7) is 7.70. The molecular weight excluding hydrogens is 633 g/mol. The third-order valence-corrected chi connectivity index (χ3v) is 10.6. The molecule has 0 aromatic heterocycles. The Labute approximate surface area is 288 Å². The van der Waals surface area contributed by atoms with E-state index in [4.69, 9.17) is 4.74 Å². The Morgan fingerprint density at radius 1 is 0.600 bits per heavy atom. The van der Waals surface area contributed by atoms with Crippen LogP contribution >= 0.6 is 0 Å². The van der Waals surface area contributed by atoms with Gasteiger partial charge in [0.2, 0.25) is 0 Å². The Morgan fingerprint density at radius 2 is 1.14 bits per heavy atom. The van der Waals surface area contributed by atoms with Crippen LogP contribution in [0.1, 0.15) is 49.9 Å². The minimum Gasteiger partial charge on any atom is -0.493 e. The number of hydrogen-bond acceptors (Lipinski definition) is 3. The smallest absolute Gasteiger partial charge is 0.419 e. The maximum Gasteiger partial charge on any atom is 0.419 e. The van der Waals surface area contributed by atoms with Crippen molar-refractivity contribution in [3.05, 3.63) is 125 Å². The highest BCUT2D eigenvalue weighted by Crippen LogP contribution is 2.52. The lowest BCUT2D eigenvalue weighted by molar-refractivity contribution is -0.138. The Bertz CT molecular complexity index is 2430. The van der Waals surface area contributed by atoms with Gasteiger partial charge in [-0.2, -0.15) is 13.2 Å². The fraction of sp³-hybridized carbons (Fsp3) is 0.227. The second-order valence-corrected chi connectivity index (χ2v) is 14.5. The van der Waals surface area contributed by atoms with Gasteiger partial charge in [0, 0.05) is 0 Å². The first-order valence-electron chi connectivity index (χ1n) is 17.0. The summed E-state index contributed by atoms with van der Waals surface area (Å²) in [5.74, 6) is -0.216. The molecule has 0 fully saturated rings. The van der Waals surface area contributed by atoms with Crippen LogP contribution in [0.3, 0.4) is 0 Å². The quantitative estimate of drug-likeness (QED) is 0.173. The van der Waals surface area contributed by atoms with Crippen LogP contribution in [-0.2, 0) is 17.0 Å². The van der Waals surface area contributed by atoms with Crippen LogP contribution in [0, 0.1) is 0 Å². The van der Waals surface area contributed by atoms with Gasteiger partial charge in [-0.25, -0.2) is 0 Å². The second kappa shape index (κ2) is 11.3. The number of benzene rings is 7. The molecule has 0 aliphatic heterocycles. The van der Waals surface area contributed by atoms with Gasteiger partial charge >= 0.3 is 6.18 Å². The van der Waals surface area contributed by atoms with Crippen molar-refractivity contribution in [3.63, 3.8) is 0 Å². The lowest BCUT2D eigenvalue weighted by Gasteiger charge is -2.28. The summed E-state index contributed by atoms with van der Waals surface area (Å²) in [5.41, 5.74) is 5.43. The lowest BCUT2D eigenvalue weighted by Crippen LogP contribution is -2.34. The molecule has 1 aliphatic carbocycles. The normalized spacial score (nSPS) is 14.1. The van der Waals surface area contributed by atoms with E-state index in [-0.39, 0.29) is 31.0 Å². The zero-order chi connectivity index (χ0) is 35.2. The molecule has 0 atom stereocenters. The molecule has 252 valence electrons. The molecule has 1 aliphatic rings. The van der Waals surface area contributed by atoms with Crippen LogP contribution in [0.2, 0.25) is 0 Å². The summed E-state index contributed by atoms with van der Waals surface area (Å²) in [5, 5.41) is 29.1. The molecule has 0 unspecified atom stereocenters. The van der Waals surface area contributed by atoms with Gasteiger partial charge in [0.15, 0.2) is 0 Å². The zero-order valence-electron chi connectivity index (χ0n) is 28.4. The van der Waals surface area contributed by atoms with Crippen molar-refractivity contribution in [1.82, 2.24) is 0 Å². The number of halogens is 3. The van der Waals surface area contributed by atoms with Crippen molar-refractivity contribution in [2.75, 3.05) is 19.8 Å². The van der Waals surface area contributed by atoms with E-state index in [1.807, 2.05) is 12.1 Å². The van der Waals surface area contributed by atoms with E-state index in [2.05, 4.69) is 81.4 Å². The minimum absolute atomic E-state index is 0.0184. The number of fused-ring (bicyclic) bond motifs is 3. The fourth-order valence-electron chi connectivity index (χ4n) is 7.95. The minimum atomic E-state index is -4.59. The van der Waals surface area contributed by atoms with Crippen LogP contribution in [0.4, 0.5) is 13.2 Å². The average molecular weight is 671 g/mol. The monoisotopic (exact) mass is 670 g/mol. The number of aliphatic hydroxyl groups is 2. The molecule has 0 saturated heterocycles. The maximum absolute atomic E-state index is 14.0. The zero-order valence-corrected chi connectivity index (χ0v) is 28.4. The molecule has 7 aromatic rings. The predicted molar refractivity (Wildman–Crippen MR) is 196 cm³/mol. The second-order valence-electron chi connectivity index (χ2n) is 14.5. The van der Waals surface area contributed by atoms with Crippen LogP contribution in [-0.4, -0.2) is 30.0 Å². The van der Waals surface area contributed by atoms with E-state index in [0.717, 1.165) is 44.7 Å². The van der Waals surface area contributed by atoms with Crippen molar-refractivity contribution in [3.8, 4) is 39.1 Å². The molecule has 7 aromatic carbocycles. The third-order valence-electron chi connectivity index (χ3n) is 10.6. The SMILES string of the molecule is CCOc1ccc(-c2ccc3c(c2)C(CO)(CO)c2cc(-c4ccc5ccc6cc(C(C)(C)C)cc7ccc4c5c67)ccc2-3)cc1C(F)(F)F. The molecule has 0 bridgehead atoms. The van der Waals surface area contributed by atoms with Gasteiger partial charge in [-0.1, -0.05) is 99.6 Å². The van der Waals surface area contributed by atoms with Crippen LogP contribution in [0.5, 0.6) is 5.75 Å². The summed E-state index contributed by atoms with van der Waals surface area (Å²) in [6, 6.07) is 33.4. The summed E-state index contributed by atoms with van der Waals surface area (Å²) in [4.78, 5) is 0. The Kier molecular flexibility index (Phi) is 7.30. The van der Waals surface area contributed by atoms with Crippen LogP contribution in [0.15, 0.2) is 103 Å². The highest BCUT2D eigenvalue weighted by Gasteiger charge is 2.43. The molecule has 0 radical (unpaired) electrons. The Balaban J connectivity index is 1.27. The fourth-order valence-corrected chi connectivity index (χ4v) is 7.95. The maximum atomic E-state index is 14.0. The Morgan fingerprint density at radius 3 is 1.76 bits per heavy atom. The van der Waals surface area contributed by atoms with E-state index < -0.39 is 17.2 Å². The van der Waals surface area contributed by atoms with Gasteiger partial charge in [0.25, 0.3) is 0 Å². The van der Waals surface area contributed by atoms with Gasteiger partial charge in [-0.15, -0.1) is 0 Å². The number of hydrogen-bond donors (Lipinski definition) is 2. The summed E-state index contributed by atoms with van der Waals surface area (Å²) in [7, 11) is 0. The molecule has 3 nitrogen and oxygen atoms in total. The standard InChI is InChI=1S/C44H37F3O3/c1-5-50-39-17-12-27(21-38(39)44(45,46)47)26-9-14-33-34-15-10-28(22-37(34)43(23-48,24-49)36(33)20-26)32-13-8-25-6-7-29-18-31(42(2,3)4)19-30-11-16-35(32)41(25)40(29)30/h6-22,48-49H,5,23-24H2,1-4H3. The largest absolute Gasteiger partial charge is 0.493 e. The molecular formula is C44H37F3O3.